The summed E-state index contributed by atoms with van der Waals surface area (Å²) in [6.45, 7) is 3.76. The van der Waals surface area contributed by atoms with Crippen molar-refractivity contribution in [2.75, 3.05) is 37.8 Å². The van der Waals surface area contributed by atoms with E-state index < -0.39 is 17.2 Å². The van der Waals surface area contributed by atoms with Crippen LogP contribution in [0.2, 0.25) is 0 Å². The van der Waals surface area contributed by atoms with Gasteiger partial charge in [0.15, 0.2) is 0 Å². The maximum Gasteiger partial charge on any atom is 0.417 e. The number of nitrogens with zero attached hydrogens (tertiary/aromatic N) is 6. The smallest absolute Gasteiger partial charge is 0.417 e. The number of pyridine rings is 1. The average Bonchev–Trinajstić information content (AvgIpc) is 3.80. The summed E-state index contributed by atoms with van der Waals surface area (Å²) in [5.74, 6) is 0.675. The second-order valence-corrected chi connectivity index (χ2v) is 12.9. The standard InChI is InChI=1S/C30H27F3N8O2S/c1-15-8-20-19(9-36-40-20)21(23(15)30(31,32)33)24-25-18(4-6-35-24)22-26(41-10-16-2-3-17(11-41)37-16)38-28(39-27(22)44-25)43-14-29(12-34)5-7-42-13-29/h4,6,8-9,16-17,37H,2-3,5,7,10-11,13-14H2,1H3,(H,36,40). The van der Waals surface area contributed by atoms with Gasteiger partial charge in [0.2, 0.25) is 0 Å². The van der Waals surface area contributed by atoms with E-state index in [0.29, 0.717) is 51.4 Å². The van der Waals surface area contributed by atoms with Gasteiger partial charge in [-0.1, -0.05) is 0 Å². The molecule has 226 valence electrons. The molecule has 14 heteroatoms. The molecule has 3 fully saturated rings. The highest BCUT2D eigenvalue weighted by Crippen LogP contribution is 2.48. The highest BCUT2D eigenvalue weighted by atomic mass is 32.1. The summed E-state index contributed by atoms with van der Waals surface area (Å²) in [6.07, 6.45) is 1.03. The Balaban J connectivity index is 1.34. The highest BCUT2D eigenvalue weighted by Gasteiger charge is 2.40. The van der Waals surface area contributed by atoms with E-state index >= 15 is 0 Å². The third kappa shape index (κ3) is 4.36. The molecular weight excluding hydrogens is 593 g/mol. The Bertz CT molecular complexity index is 1960. The first-order valence-electron chi connectivity index (χ1n) is 14.5. The van der Waals surface area contributed by atoms with Crippen molar-refractivity contribution < 1.29 is 22.6 Å². The number of benzene rings is 1. The zero-order chi connectivity index (χ0) is 30.2. The van der Waals surface area contributed by atoms with Crippen LogP contribution in [-0.4, -0.2) is 70.1 Å². The Kier molecular flexibility index (Phi) is 6.23. The van der Waals surface area contributed by atoms with Crippen LogP contribution in [0.25, 0.3) is 42.5 Å². The molecule has 3 unspecified atom stereocenters. The predicted octanol–water partition coefficient (Wildman–Crippen LogP) is 5.36. The van der Waals surface area contributed by atoms with Gasteiger partial charge < -0.3 is 19.7 Å². The van der Waals surface area contributed by atoms with Crippen molar-refractivity contribution in [1.29, 1.82) is 5.26 Å². The average molecular weight is 621 g/mol. The molecule has 2 N–H and O–H groups in total. The number of rotatable bonds is 5. The maximum absolute atomic E-state index is 14.6. The van der Waals surface area contributed by atoms with Crippen molar-refractivity contribution >= 4 is 48.4 Å². The number of aromatic nitrogens is 5. The lowest BCUT2D eigenvalue weighted by molar-refractivity contribution is -0.137. The minimum atomic E-state index is -4.61. The van der Waals surface area contributed by atoms with Gasteiger partial charge in [0.1, 0.15) is 22.7 Å². The molecule has 3 atom stereocenters. The molecule has 0 amide bonds. The number of thiophene rings is 1. The van der Waals surface area contributed by atoms with Crippen molar-refractivity contribution in [3.8, 4) is 23.3 Å². The van der Waals surface area contributed by atoms with Crippen molar-refractivity contribution in [1.82, 2.24) is 30.5 Å². The van der Waals surface area contributed by atoms with Gasteiger partial charge in [0.25, 0.3) is 0 Å². The minimum absolute atomic E-state index is 0.0122. The first kappa shape index (κ1) is 27.5. The maximum atomic E-state index is 14.6. The van der Waals surface area contributed by atoms with Crippen LogP contribution < -0.4 is 15.0 Å². The number of piperazine rings is 1. The number of ether oxygens (including phenoxy) is 2. The van der Waals surface area contributed by atoms with Crippen molar-refractivity contribution in [2.45, 2.75) is 44.4 Å². The molecule has 8 rings (SSSR count). The quantitative estimate of drug-likeness (QED) is 0.267. The van der Waals surface area contributed by atoms with Gasteiger partial charge in [-0.05, 0) is 43.9 Å². The van der Waals surface area contributed by atoms with E-state index in [1.807, 2.05) is 6.07 Å². The molecule has 0 saturated carbocycles. The molecule has 4 aromatic heterocycles. The number of aromatic amines is 1. The zero-order valence-electron chi connectivity index (χ0n) is 23.7. The molecule has 3 saturated heterocycles. The molecule has 0 radical (unpaired) electrons. The second kappa shape index (κ2) is 9.98. The Hall–Kier alpha value is -4.06. The molecule has 3 aliphatic heterocycles. The van der Waals surface area contributed by atoms with Gasteiger partial charge in [-0.15, -0.1) is 11.3 Å². The van der Waals surface area contributed by atoms with E-state index in [2.05, 4.69) is 31.5 Å². The fourth-order valence-corrected chi connectivity index (χ4v) is 8.04. The van der Waals surface area contributed by atoms with Crippen LogP contribution >= 0.6 is 11.3 Å². The Morgan fingerprint density at radius 2 is 2.05 bits per heavy atom. The fourth-order valence-electron chi connectivity index (χ4n) is 6.89. The number of hydrogen-bond donors (Lipinski definition) is 2. The number of fused-ring (bicyclic) bond motifs is 6. The Labute approximate surface area is 253 Å². The van der Waals surface area contributed by atoms with Gasteiger partial charge in [-0.3, -0.25) is 10.1 Å². The molecule has 3 aliphatic rings. The van der Waals surface area contributed by atoms with E-state index in [1.54, 1.807) is 6.20 Å². The molecule has 10 nitrogen and oxygen atoms in total. The largest absolute Gasteiger partial charge is 0.462 e. The number of anilines is 1. The molecule has 0 spiro atoms. The Morgan fingerprint density at radius 3 is 2.77 bits per heavy atom. The molecular formula is C30H27F3N8O2S. The molecule has 1 aromatic carbocycles. The number of alkyl halides is 3. The van der Waals surface area contributed by atoms with E-state index in [4.69, 9.17) is 19.4 Å². The fraction of sp³-hybridized carbons (Fsp3) is 0.433. The first-order valence-corrected chi connectivity index (χ1v) is 15.3. The van der Waals surface area contributed by atoms with Crippen molar-refractivity contribution in [2.24, 2.45) is 5.41 Å². The van der Waals surface area contributed by atoms with E-state index in [-0.39, 0.29) is 36.0 Å². The van der Waals surface area contributed by atoms with Gasteiger partial charge in [-0.25, -0.2) is 0 Å². The summed E-state index contributed by atoms with van der Waals surface area (Å²) >= 11 is 1.27. The van der Waals surface area contributed by atoms with Crippen LogP contribution in [0.15, 0.2) is 24.5 Å². The molecule has 44 heavy (non-hydrogen) atoms. The lowest BCUT2D eigenvalue weighted by Crippen LogP contribution is -2.51. The van der Waals surface area contributed by atoms with E-state index in [1.165, 1.54) is 30.5 Å². The molecule has 7 heterocycles. The predicted molar refractivity (Wildman–Crippen MR) is 159 cm³/mol. The summed E-state index contributed by atoms with van der Waals surface area (Å²) < 4.78 is 56.0. The lowest BCUT2D eigenvalue weighted by Gasteiger charge is -2.34. The summed E-state index contributed by atoms with van der Waals surface area (Å²) in [6, 6.07) is 6.39. The third-order valence-corrected chi connectivity index (χ3v) is 10.1. The van der Waals surface area contributed by atoms with Crippen LogP contribution in [0.3, 0.4) is 0 Å². The number of aryl methyl sites for hydroxylation is 1. The Morgan fingerprint density at radius 1 is 1.23 bits per heavy atom. The minimum Gasteiger partial charge on any atom is -0.462 e. The second-order valence-electron chi connectivity index (χ2n) is 11.9. The number of nitriles is 1. The van der Waals surface area contributed by atoms with Crippen LogP contribution in [0, 0.1) is 23.7 Å². The van der Waals surface area contributed by atoms with E-state index in [9.17, 15) is 18.4 Å². The van der Waals surface area contributed by atoms with Crippen LogP contribution in [-0.2, 0) is 10.9 Å². The SMILES string of the molecule is Cc1cc2[nH]ncc2c(-c2nccc3c2sc2nc(OCC4(C#N)CCOC4)nc(N4CC5CCC(C4)N5)c23)c1C(F)(F)F. The van der Waals surface area contributed by atoms with Gasteiger partial charge >= 0.3 is 12.2 Å². The normalized spacial score (nSPS) is 23.7. The number of nitrogens with one attached hydrogen (secondary N) is 2. The molecule has 5 aromatic rings. The monoisotopic (exact) mass is 620 g/mol. The highest BCUT2D eigenvalue weighted by molar-refractivity contribution is 7.26. The van der Waals surface area contributed by atoms with Crippen LogP contribution in [0.5, 0.6) is 6.01 Å². The lowest BCUT2D eigenvalue weighted by atomic mass is 9.91. The third-order valence-electron chi connectivity index (χ3n) is 9.01. The first-order chi connectivity index (χ1) is 21.2. The van der Waals surface area contributed by atoms with E-state index in [0.717, 1.165) is 36.7 Å². The van der Waals surface area contributed by atoms with Crippen LogP contribution in [0.4, 0.5) is 19.0 Å². The summed E-state index contributed by atoms with van der Waals surface area (Å²) in [5, 5.41) is 22.2. The number of hydrogen-bond acceptors (Lipinski definition) is 10. The van der Waals surface area contributed by atoms with Gasteiger partial charge in [-0.2, -0.15) is 33.5 Å². The van der Waals surface area contributed by atoms with Crippen molar-refractivity contribution in [3.63, 3.8) is 0 Å². The topological polar surface area (TPSA) is 125 Å². The zero-order valence-corrected chi connectivity index (χ0v) is 24.5. The van der Waals surface area contributed by atoms with Gasteiger partial charge in [0.05, 0.1) is 45.7 Å². The van der Waals surface area contributed by atoms with Crippen LogP contribution in [0.1, 0.15) is 30.4 Å². The number of H-pyrrole nitrogens is 1. The summed E-state index contributed by atoms with van der Waals surface area (Å²) in [7, 11) is 0. The van der Waals surface area contributed by atoms with Crippen molar-refractivity contribution in [3.05, 3.63) is 35.7 Å². The molecule has 2 bridgehead atoms. The molecule has 0 aliphatic carbocycles. The van der Waals surface area contributed by atoms with Gasteiger partial charge in [0, 0.05) is 54.3 Å². The summed E-state index contributed by atoms with van der Waals surface area (Å²) in [5.41, 5.74) is -0.730. The summed E-state index contributed by atoms with van der Waals surface area (Å²) in [4.78, 5) is 17.0. The number of halogens is 3.